The van der Waals surface area contributed by atoms with E-state index in [4.69, 9.17) is 4.74 Å². The molecule has 1 atom stereocenters. The molecule has 0 spiro atoms. The molecule has 4 heteroatoms. The Morgan fingerprint density at radius 3 is 2.35 bits per heavy atom. The van der Waals surface area contributed by atoms with E-state index in [2.05, 4.69) is 5.32 Å². The normalized spacial score (nSPS) is 11.9. The SMILES string of the molecule is Cc1ccc(NC(=O)[C@H](C)OC(=O)/C=C/c2ccccc2)cc1. The Hall–Kier alpha value is -2.88. The van der Waals surface area contributed by atoms with Crippen LogP contribution in [0.25, 0.3) is 6.08 Å². The molecule has 0 aromatic heterocycles. The summed E-state index contributed by atoms with van der Waals surface area (Å²) in [7, 11) is 0. The second kappa shape index (κ2) is 7.94. The molecule has 0 unspecified atom stereocenters. The van der Waals surface area contributed by atoms with Crippen molar-refractivity contribution in [2.24, 2.45) is 0 Å². The first-order chi connectivity index (χ1) is 11.0. The van der Waals surface area contributed by atoms with Crippen LogP contribution in [0, 0.1) is 6.92 Å². The summed E-state index contributed by atoms with van der Waals surface area (Å²) < 4.78 is 5.09. The molecule has 0 radical (unpaired) electrons. The number of nitrogens with one attached hydrogen (secondary N) is 1. The number of rotatable bonds is 5. The van der Waals surface area contributed by atoms with Crippen LogP contribution in [-0.4, -0.2) is 18.0 Å². The van der Waals surface area contributed by atoms with Crippen LogP contribution >= 0.6 is 0 Å². The van der Waals surface area contributed by atoms with E-state index in [1.54, 1.807) is 18.2 Å². The van der Waals surface area contributed by atoms with Gasteiger partial charge in [-0.3, -0.25) is 4.79 Å². The number of anilines is 1. The van der Waals surface area contributed by atoms with E-state index in [9.17, 15) is 9.59 Å². The van der Waals surface area contributed by atoms with Gasteiger partial charge in [-0.15, -0.1) is 0 Å². The number of benzene rings is 2. The summed E-state index contributed by atoms with van der Waals surface area (Å²) in [6.45, 7) is 3.51. The first-order valence-electron chi connectivity index (χ1n) is 7.36. The van der Waals surface area contributed by atoms with Gasteiger partial charge in [0.25, 0.3) is 5.91 Å². The molecule has 0 saturated heterocycles. The lowest BCUT2D eigenvalue weighted by molar-refractivity contribution is -0.148. The molecule has 2 aromatic carbocycles. The molecule has 4 nitrogen and oxygen atoms in total. The Bertz CT molecular complexity index is 690. The molecule has 2 rings (SSSR count). The number of aryl methyl sites for hydroxylation is 1. The average Bonchev–Trinajstić information content (AvgIpc) is 2.56. The molecule has 0 aliphatic heterocycles. The Balaban J connectivity index is 1.86. The largest absolute Gasteiger partial charge is 0.449 e. The van der Waals surface area contributed by atoms with Crippen LogP contribution in [0.4, 0.5) is 5.69 Å². The number of hydrogen-bond donors (Lipinski definition) is 1. The van der Waals surface area contributed by atoms with Gasteiger partial charge in [-0.2, -0.15) is 0 Å². The summed E-state index contributed by atoms with van der Waals surface area (Å²) in [4.78, 5) is 23.7. The molecule has 0 bridgehead atoms. The molecule has 0 aliphatic rings. The van der Waals surface area contributed by atoms with E-state index in [1.165, 1.54) is 13.0 Å². The van der Waals surface area contributed by atoms with Crippen molar-refractivity contribution in [2.45, 2.75) is 20.0 Å². The minimum absolute atomic E-state index is 0.365. The second-order valence-corrected chi connectivity index (χ2v) is 5.18. The van der Waals surface area contributed by atoms with Crippen molar-refractivity contribution in [3.63, 3.8) is 0 Å². The highest BCUT2D eigenvalue weighted by Crippen LogP contribution is 2.10. The van der Waals surface area contributed by atoms with Gasteiger partial charge in [-0.1, -0.05) is 48.0 Å². The zero-order chi connectivity index (χ0) is 16.7. The van der Waals surface area contributed by atoms with Crippen molar-refractivity contribution in [1.29, 1.82) is 0 Å². The highest BCUT2D eigenvalue weighted by molar-refractivity contribution is 5.96. The third-order valence-corrected chi connectivity index (χ3v) is 3.19. The van der Waals surface area contributed by atoms with Gasteiger partial charge in [0.15, 0.2) is 6.10 Å². The first kappa shape index (κ1) is 16.5. The van der Waals surface area contributed by atoms with E-state index >= 15 is 0 Å². The standard InChI is InChI=1S/C19H19NO3/c1-14-8-11-17(12-9-14)20-19(22)15(2)23-18(21)13-10-16-6-4-3-5-7-16/h3-13,15H,1-2H3,(H,20,22)/b13-10+/t15-/m0/s1. The average molecular weight is 309 g/mol. The second-order valence-electron chi connectivity index (χ2n) is 5.18. The minimum Gasteiger partial charge on any atom is -0.449 e. The molecule has 1 amide bonds. The maximum absolute atomic E-state index is 12.0. The third-order valence-electron chi connectivity index (χ3n) is 3.19. The maximum atomic E-state index is 12.0. The van der Waals surface area contributed by atoms with Crippen molar-refractivity contribution in [3.8, 4) is 0 Å². The molecule has 0 aliphatic carbocycles. The van der Waals surface area contributed by atoms with E-state index in [-0.39, 0.29) is 5.91 Å². The van der Waals surface area contributed by atoms with Gasteiger partial charge in [-0.25, -0.2) is 4.79 Å². The quantitative estimate of drug-likeness (QED) is 0.678. The van der Waals surface area contributed by atoms with Crippen LogP contribution in [0.2, 0.25) is 0 Å². The van der Waals surface area contributed by atoms with E-state index in [1.807, 2.05) is 49.4 Å². The van der Waals surface area contributed by atoms with Crippen LogP contribution in [0.5, 0.6) is 0 Å². The predicted octanol–water partition coefficient (Wildman–Crippen LogP) is 3.58. The fourth-order valence-electron chi connectivity index (χ4n) is 1.88. The van der Waals surface area contributed by atoms with Gasteiger partial charge in [0, 0.05) is 11.8 Å². The van der Waals surface area contributed by atoms with Gasteiger partial charge < -0.3 is 10.1 Å². The van der Waals surface area contributed by atoms with Gasteiger partial charge in [0.05, 0.1) is 0 Å². The Morgan fingerprint density at radius 1 is 1.04 bits per heavy atom. The zero-order valence-electron chi connectivity index (χ0n) is 13.2. The van der Waals surface area contributed by atoms with Crippen molar-refractivity contribution >= 4 is 23.6 Å². The fourth-order valence-corrected chi connectivity index (χ4v) is 1.88. The number of ether oxygens (including phenoxy) is 1. The number of hydrogen-bond acceptors (Lipinski definition) is 3. The van der Waals surface area contributed by atoms with E-state index in [0.717, 1.165) is 11.1 Å². The number of carbonyl (C=O) groups excluding carboxylic acids is 2. The van der Waals surface area contributed by atoms with Crippen molar-refractivity contribution in [1.82, 2.24) is 0 Å². The highest BCUT2D eigenvalue weighted by Gasteiger charge is 2.16. The number of carbonyl (C=O) groups is 2. The third kappa shape index (κ3) is 5.43. The molecule has 0 fully saturated rings. The first-order valence-corrected chi connectivity index (χ1v) is 7.36. The molecule has 2 aromatic rings. The monoisotopic (exact) mass is 309 g/mol. The lowest BCUT2D eigenvalue weighted by Crippen LogP contribution is -2.29. The summed E-state index contributed by atoms with van der Waals surface area (Å²) >= 11 is 0. The van der Waals surface area contributed by atoms with Crippen LogP contribution < -0.4 is 5.32 Å². The van der Waals surface area contributed by atoms with Crippen LogP contribution in [0.3, 0.4) is 0 Å². The van der Waals surface area contributed by atoms with Gasteiger partial charge >= 0.3 is 5.97 Å². The zero-order valence-corrected chi connectivity index (χ0v) is 13.2. The molecule has 1 N–H and O–H groups in total. The summed E-state index contributed by atoms with van der Waals surface area (Å²) in [5.74, 6) is -0.921. The lowest BCUT2D eigenvalue weighted by Gasteiger charge is -2.12. The summed E-state index contributed by atoms with van der Waals surface area (Å²) in [6, 6.07) is 16.8. The Kier molecular flexibility index (Phi) is 5.69. The minimum atomic E-state index is -0.871. The molecule has 0 heterocycles. The summed E-state index contributed by atoms with van der Waals surface area (Å²) in [6.07, 6.45) is 2.09. The van der Waals surface area contributed by atoms with E-state index in [0.29, 0.717) is 5.69 Å². The van der Waals surface area contributed by atoms with E-state index < -0.39 is 12.1 Å². The lowest BCUT2D eigenvalue weighted by atomic mass is 10.2. The molecular weight excluding hydrogens is 290 g/mol. The van der Waals surface area contributed by atoms with Crippen LogP contribution in [-0.2, 0) is 14.3 Å². The topological polar surface area (TPSA) is 55.4 Å². The number of esters is 1. The van der Waals surface area contributed by atoms with Crippen molar-refractivity contribution in [3.05, 3.63) is 71.8 Å². The number of amides is 1. The highest BCUT2D eigenvalue weighted by atomic mass is 16.5. The molecule has 118 valence electrons. The van der Waals surface area contributed by atoms with Gasteiger partial charge in [-0.05, 0) is 37.6 Å². The maximum Gasteiger partial charge on any atom is 0.331 e. The summed E-state index contributed by atoms with van der Waals surface area (Å²) in [5.41, 5.74) is 2.66. The molecular formula is C19H19NO3. The predicted molar refractivity (Wildman–Crippen MR) is 90.8 cm³/mol. The fraction of sp³-hybridized carbons (Fsp3) is 0.158. The molecule has 23 heavy (non-hydrogen) atoms. The van der Waals surface area contributed by atoms with Gasteiger partial charge in [0.2, 0.25) is 0 Å². The Labute approximate surface area is 135 Å². The molecule has 0 saturated carbocycles. The van der Waals surface area contributed by atoms with Crippen molar-refractivity contribution < 1.29 is 14.3 Å². The van der Waals surface area contributed by atoms with Crippen molar-refractivity contribution in [2.75, 3.05) is 5.32 Å². The van der Waals surface area contributed by atoms with Crippen LogP contribution in [0.1, 0.15) is 18.1 Å². The Morgan fingerprint density at radius 2 is 1.70 bits per heavy atom. The summed E-state index contributed by atoms with van der Waals surface area (Å²) in [5, 5.41) is 2.71. The van der Waals surface area contributed by atoms with Gasteiger partial charge in [0.1, 0.15) is 0 Å². The van der Waals surface area contributed by atoms with Crippen LogP contribution in [0.15, 0.2) is 60.7 Å². The smallest absolute Gasteiger partial charge is 0.331 e.